The van der Waals surface area contributed by atoms with E-state index in [2.05, 4.69) is 5.32 Å². The van der Waals surface area contributed by atoms with Crippen LogP contribution in [0.15, 0.2) is 60.3 Å². The summed E-state index contributed by atoms with van der Waals surface area (Å²) in [5.74, 6) is -2.16. The van der Waals surface area contributed by atoms with Crippen molar-refractivity contribution in [3.8, 4) is 0 Å². The van der Waals surface area contributed by atoms with Gasteiger partial charge in [-0.05, 0) is 31.4 Å². The fourth-order valence-electron chi connectivity index (χ4n) is 3.51. The molecule has 1 aliphatic rings. The fraction of sp³-hybridized carbons (Fsp3) is 0.273. The van der Waals surface area contributed by atoms with Gasteiger partial charge in [-0.2, -0.15) is 0 Å². The molecule has 2 aromatic carbocycles. The molecule has 0 amide bonds. The summed E-state index contributed by atoms with van der Waals surface area (Å²) in [6.07, 6.45) is 1.81. The van der Waals surface area contributed by atoms with Crippen LogP contribution in [0.3, 0.4) is 0 Å². The first kappa shape index (κ1) is 20.3. The van der Waals surface area contributed by atoms with Gasteiger partial charge in [-0.1, -0.05) is 36.4 Å². The smallest absolute Gasteiger partial charge is 0.317 e. The largest absolute Gasteiger partial charge is 0.465 e. The number of carbonyl (C=O) groups is 2. The number of anilines is 1. The Labute approximate surface area is 168 Å². The second-order valence-electron chi connectivity index (χ2n) is 6.90. The van der Waals surface area contributed by atoms with E-state index < -0.39 is 16.8 Å². The summed E-state index contributed by atoms with van der Waals surface area (Å²) < 4.78 is 5.13. The van der Waals surface area contributed by atoms with Gasteiger partial charge in [0.2, 0.25) is 0 Å². The number of hydrogen-bond acceptors (Lipinski definition) is 6. The second-order valence-corrected chi connectivity index (χ2v) is 6.90. The first-order valence-corrected chi connectivity index (χ1v) is 9.38. The van der Waals surface area contributed by atoms with Crippen molar-refractivity contribution in [1.82, 2.24) is 0 Å². The maximum Gasteiger partial charge on any atom is 0.317 e. The minimum absolute atomic E-state index is 0.0372. The molecule has 0 saturated heterocycles. The first-order chi connectivity index (χ1) is 13.9. The van der Waals surface area contributed by atoms with Crippen molar-refractivity contribution < 1.29 is 19.2 Å². The van der Waals surface area contributed by atoms with Gasteiger partial charge in [-0.15, -0.1) is 0 Å². The number of nitro benzene ring substituents is 1. The van der Waals surface area contributed by atoms with Gasteiger partial charge in [-0.25, -0.2) is 0 Å². The molecule has 7 heteroatoms. The Morgan fingerprint density at radius 3 is 2.62 bits per heavy atom. The monoisotopic (exact) mass is 394 g/mol. The van der Waals surface area contributed by atoms with Crippen LogP contribution in [0.25, 0.3) is 0 Å². The van der Waals surface area contributed by atoms with Crippen molar-refractivity contribution >= 4 is 23.1 Å². The van der Waals surface area contributed by atoms with Crippen LogP contribution in [-0.4, -0.2) is 23.3 Å². The Morgan fingerprint density at radius 1 is 1.24 bits per heavy atom. The van der Waals surface area contributed by atoms with E-state index in [1.807, 2.05) is 37.3 Å². The van der Waals surface area contributed by atoms with E-state index in [9.17, 15) is 19.7 Å². The number of esters is 1. The molecule has 0 radical (unpaired) electrons. The molecule has 0 aliphatic heterocycles. The lowest BCUT2D eigenvalue weighted by Gasteiger charge is -2.30. The average Bonchev–Trinajstić information content (AvgIpc) is 2.69. The molecule has 0 saturated carbocycles. The normalized spacial score (nSPS) is 18.7. The molecule has 0 bridgehead atoms. The molecule has 7 nitrogen and oxygen atoms in total. The van der Waals surface area contributed by atoms with Crippen molar-refractivity contribution in [2.24, 2.45) is 5.92 Å². The Bertz CT molecular complexity index is 968. The van der Waals surface area contributed by atoms with Crippen molar-refractivity contribution in [3.05, 3.63) is 81.5 Å². The van der Waals surface area contributed by atoms with Crippen molar-refractivity contribution in [3.63, 3.8) is 0 Å². The maximum atomic E-state index is 12.8. The molecule has 0 fully saturated rings. The molecule has 2 aromatic rings. The average molecular weight is 394 g/mol. The van der Waals surface area contributed by atoms with E-state index in [4.69, 9.17) is 4.74 Å². The highest BCUT2D eigenvalue weighted by Crippen LogP contribution is 2.37. The molecular weight excluding hydrogens is 372 g/mol. The van der Waals surface area contributed by atoms with E-state index >= 15 is 0 Å². The standard InChI is InChI=1S/C22H22N2O5/c1-3-29-22(26)21-18(15-7-5-4-6-8-15)11-16(12-20(21)25)23-19-13-17(24(27)28)10-9-14(19)2/h4-10,12-13,18,21,23H,3,11H2,1-2H3. The minimum Gasteiger partial charge on any atom is -0.465 e. The topological polar surface area (TPSA) is 98.5 Å². The minimum atomic E-state index is -0.908. The van der Waals surface area contributed by atoms with Crippen LogP contribution in [0, 0.1) is 23.0 Å². The SMILES string of the molecule is CCOC(=O)C1C(=O)C=C(Nc2cc([N+](=O)[O-])ccc2C)CC1c1ccccc1. The zero-order valence-electron chi connectivity index (χ0n) is 16.3. The van der Waals surface area contributed by atoms with Crippen LogP contribution < -0.4 is 5.32 Å². The van der Waals surface area contributed by atoms with Crippen LogP contribution in [0.1, 0.15) is 30.4 Å². The van der Waals surface area contributed by atoms with Crippen LogP contribution in [-0.2, 0) is 14.3 Å². The number of ether oxygens (including phenoxy) is 1. The Balaban J connectivity index is 1.94. The quantitative estimate of drug-likeness (QED) is 0.342. The van der Waals surface area contributed by atoms with Crippen molar-refractivity contribution in [2.75, 3.05) is 11.9 Å². The van der Waals surface area contributed by atoms with Crippen molar-refractivity contribution in [2.45, 2.75) is 26.2 Å². The molecular formula is C22H22N2O5. The number of nitro groups is 1. The van der Waals surface area contributed by atoms with Gasteiger partial charge >= 0.3 is 5.97 Å². The number of ketones is 1. The number of nitrogens with one attached hydrogen (secondary N) is 1. The summed E-state index contributed by atoms with van der Waals surface area (Å²) in [5, 5.41) is 14.2. The number of nitrogens with zero attached hydrogens (tertiary/aromatic N) is 1. The highest BCUT2D eigenvalue weighted by molar-refractivity contribution is 6.07. The number of aryl methyl sites for hydroxylation is 1. The van der Waals surface area contributed by atoms with E-state index in [1.54, 1.807) is 13.0 Å². The molecule has 150 valence electrons. The summed E-state index contributed by atoms with van der Waals surface area (Å²) >= 11 is 0. The van der Waals surface area contributed by atoms with Gasteiger partial charge < -0.3 is 10.1 Å². The molecule has 3 rings (SSSR count). The maximum absolute atomic E-state index is 12.8. The third-order valence-corrected chi connectivity index (χ3v) is 4.96. The fourth-order valence-corrected chi connectivity index (χ4v) is 3.51. The molecule has 0 spiro atoms. The lowest BCUT2D eigenvalue weighted by Crippen LogP contribution is -2.35. The van der Waals surface area contributed by atoms with Crippen molar-refractivity contribution in [1.29, 1.82) is 0 Å². The third-order valence-electron chi connectivity index (χ3n) is 4.96. The number of benzene rings is 2. The summed E-state index contributed by atoms with van der Waals surface area (Å²) in [6, 6.07) is 13.9. The lowest BCUT2D eigenvalue weighted by atomic mass is 9.76. The molecule has 29 heavy (non-hydrogen) atoms. The molecule has 1 N–H and O–H groups in total. The molecule has 1 aliphatic carbocycles. The molecule has 0 heterocycles. The zero-order chi connectivity index (χ0) is 21.0. The van der Waals surface area contributed by atoms with Gasteiger partial charge in [0.1, 0.15) is 5.92 Å². The Morgan fingerprint density at radius 2 is 1.97 bits per heavy atom. The van der Waals surface area contributed by atoms with Gasteiger partial charge in [0, 0.05) is 35.5 Å². The van der Waals surface area contributed by atoms with E-state index in [1.165, 1.54) is 18.2 Å². The van der Waals surface area contributed by atoms with E-state index in [0.717, 1.165) is 11.1 Å². The van der Waals surface area contributed by atoms with Crippen LogP contribution >= 0.6 is 0 Å². The molecule has 0 aromatic heterocycles. The summed E-state index contributed by atoms with van der Waals surface area (Å²) in [4.78, 5) is 35.9. The molecule has 2 atom stereocenters. The summed E-state index contributed by atoms with van der Waals surface area (Å²) in [7, 11) is 0. The van der Waals surface area contributed by atoms with Crippen LogP contribution in [0.5, 0.6) is 0 Å². The first-order valence-electron chi connectivity index (χ1n) is 9.38. The van der Waals surface area contributed by atoms with Gasteiger partial charge in [0.25, 0.3) is 5.69 Å². The lowest BCUT2D eigenvalue weighted by molar-refractivity contribution is -0.384. The molecule has 2 unspecified atom stereocenters. The number of rotatable bonds is 6. The predicted octanol–water partition coefficient (Wildman–Crippen LogP) is 4.13. The van der Waals surface area contributed by atoms with Gasteiger partial charge in [-0.3, -0.25) is 19.7 Å². The second kappa shape index (κ2) is 8.68. The summed E-state index contributed by atoms with van der Waals surface area (Å²) in [6.45, 7) is 3.73. The van der Waals surface area contributed by atoms with Gasteiger partial charge in [0.05, 0.1) is 11.5 Å². The number of allylic oxidation sites excluding steroid dienone is 2. The number of hydrogen-bond donors (Lipinski definition) is 1. The predicted molar refractivity (Wildman–Crippen MR) is 108 cm³/mol. The van der Waals surface area contributed by atoms with Gasteiger partial charge in [0.15, 0.2) is 5.78 Å². The summed E-state index contributed by atoms with van der Waals surface area (Å²) in [5.41, 5.74) is 2.80. The van der Waals surface area contributed by atoms with E-state index in [0.29, 0.717) is 17.8 Å². The highest BCUT2D eigenvalue weighted by Gasteiger charge is 2.39. The van der Waals surface area contributed by atoms with Crippen LogP contribution in [0.2, 0.25) is 0 Å². The third kappa shape index (κ3) is 4.51. The van der Waals surface area contributed by atoms with E-state index in [-0.39, 0.29) is 24.0 Å². The highest BCUT2D eigenvalue weighted by atomic mass is 16.6. The van der Waals surface area contributed by atoms with Crippen LogP contribution in [0.4, 0.5) is 11.4 Å². The Hall–Kier alpha value is -3.48. The number of non-ortho nitro benzene ring substituents is 1. The number of carbonyl (C=O) groups excluding carboxylic acids is 2. The zero-order valence-corrected chi connectivity index (χ0v) is 16.3. The Kier molecular flexibility index (Phi) is 6.07.